The molecule has 26 heavy (non-hydrogen) atoms. The van der Waals surface area contributed by atoms with Crippen molar-refractivity contribution in [1.82, 2.24) is 19.7 Å². The molecule has 0 radical (unpaired) electrons. The van der Waals surface area contributed by atoms with Crippen molar-refractivity contribution in [2.75, 3.05) is 26.2 Å². The molecule has 6 heteroatoms. The quantitative estimate of drug-likeness (QED) is 0.818. The van der Waals surface area contributed by atoms with Crippen LogP contribution >= 0.6 is 0 Å². The zero-order valence-corrected chi connectivity index (χ0v) is 14.7. The first kappa shape index (κ1) is 15.8. The van der Waals surface area contributed by atoms with Crippen molar-refractivity contribution in [3.05, 3.63) is 42.1 Å². The van der Waals surface area contributed by atoms with Gasteiger partial charge in [0.15, 0.2) is 0 Å². The minimum Gasteiger partial charge on any atom is -0.329 e. The maximum atomic E-state index is 12.9. The summed E-state index contributed by atoms with van der Waals surface area (Å²) < 4.78 is 0. The van der Waals surface area contributed by atoms with E-state index in [4.69, 9.17) is 0 Å². The first-order valence-corrected chi connectivity index (χ1v) is 9.38. The van der Waals surface area contributed by atoms with Gasteiger partial charge in [-0.1, -0.05) is 18.2 Å². The molecule has 3 aliphatic rings. The van der Waals surface area contributed by atoms with Crippen molar-refractivity contribution < 1.29 is 9.59 Å². The van der Waals surface area contributed by atoms with Gasteiger partial charge in [0.05, 0.1) is 5.52 Å². The lowest BCUT2D eigenvalue weighted by atomic mass is 10.0. The van der Waals surface area contributed by atoms with Gasteiger partial charge in [0.1, 0.15) is 12.1 Å². The van der Waals surface area contributed by atoms with Crippen LogP contribution in [0.15, 0.2) is 36.5 Å². The second-order valence-electron chi connectivity index (χ2n) is 7.46. The van der Waals surface area contributed by atoms with Crippen molar-refractivity contribution in [1.29, 1.82) is 0 Å². The largest absolute Gasteiger partial charge is 0.329 e. The third kappa shape index (κ3) is 2.40. The van der Waals surface area contributed by atoms with Gasteiger partial charge in [-0.3, -0.25) is 19.5 Å². The fourth-order valence-electron chi connectivity index (χ4n) is 4.67. The number of piperazine rings is 2. The van der Waals surface area contributed by atoms with Gasteiger partial charge in [-0.15, -0.1) is 0 Å². The van der Waals surface area contributed by atoms with Crippen molar-refractivity contribution in [2.24, 2.45) is 0 Å². The molecule has 5 rings (SSSR count). The third-order valence-electron chi connectivity index (χ3n) is 5.98. The number of benzene rings is 1. The van der Waals surface area contributed by atoms with Crippen LogP contribution in [-0.4, -0.2) is 69.8 Å². The lowest BCUT2D eigenvalue weighted by molar-refractivity contribution is -0.163. The smallest absolute Gasteiger partial charge is 0.247 e. The predicted octanol–water partition coefficient (Wildman–Crippen LogP) is 1.25. The van der Waals surface area contributed by atoms with Crippen LogP contribution in [0, 0.1) is 0 Å². The van der Waals surface area contributed by atoms with Crippen LogP contribution in [0.25, 0.3) is 10.9 Å². The number of rotatable bonds is 2. The monoisotopic (exact) mass is 350 g/mol. The topological polar surface area (TPSA) is 56.8 Å². The van der Waals surface area contributed by atoms with Crippen LogP contribution in [0.1, 0.15) is 18.4 Å². The molecule has 0 bridgehead atoms. The minimum atomic E-state index is -0.321. The highest BCUT2D eigenvalue weighted by Crippen LogP contribution is 2.29. The van der Waals surface area contributed by atoms with Crippen molar-refractivity contribution >= 4 is 22.7 Å². The summed E-state index contributed by atoms with van der Waals surface area (Å²) in [7, 11) is 0. The number of amides is 2. The van der Waals surface area contributed by atoms with E-state index in [0.717, 1.165) is 43.4 Å². The zero-order chi connectivity index (χ0) is 17.7. The Bertz CT molecular complexity index is 878. The molecule has 2 atom stereocenters. The number of hydrogen-bond acceptors (Lipinski definition) is 4. The average Bonchev–Trinajstić information content (AvgIpc) is 3.17. The number of carbonyl (C=O) groups excluding carboxylic acids is 2. The van der Waals surface area contributed by atoms with E-state index in [2.05, 4.69) is 22.0 Å². The summed E-state index contributed by atoms with van der Waals surface area (Å²) in [6.45, 7) is 3.57. The van der Waals surface area contributed by atoms with Crippen LogP contribution in [0.2, 0.25) is 0 Å². The van der Waals surface area contributed by atoms with Gasteiger partial charge in [-0.25, -0.2) is 0 Å². The second kappa shape index (κ2) is 6.06. The van der Waals surface area contributed by atoms with Crippen LogP contribution in [0.5, 0.6) is 0 Å². The third-order valence-corrected chi connectivity index (χ3v) is 5.98. The number of fused-ring (bicyclic) bond motifs is 3. The lowest BCUT2D eigenvalue weighted by Crippen LogP contribution is -2.68. The molecule has 2 amide bonds. The summed E-state index contributed by atoms with van der Waals surface area (Å²) in [4.78, 5) is 36.0. The van der Waals surface area contributed by atoms with Gasteiger partial charge in [0.25, 0.3) is 0 Å². The van der Waals surface area contributed by atoms with Crippen LogP contribution in [0.4, 0.5) is 0 Å². The second-order valence-corrected chi connectivity index (χ2v) is 7.46. The van der Waals surface area contributed by atoms with Crippen molar-refractivity contribution in [2.45, 2.75) is 31.5 Å². The highest BCUT2D eigenvalue weighted by Gasteiger charge is 2.49. The van der Waals surface area contributed by atoms with E-state index in [0.29, 0.717) is 13.1 Å². The number of aromatic nitrogens is 1. The van der Waals surface area contributed by atoms with Gasteiger partial charge in [0.2, 0.25) is 11.8 Å². The van der Waals surface area contributed by atoms with E-state index >= 15 is 0 Å². The Morgan fingerprint density at radius 1 is 0.962 bits per heavy atom. The standard InChI is InChI=1S/C20H22N4O2/c25-19-17-7-3-9-23(17)20(26)18-13-22(10-11-24(18)19)12-14-4-1-6-16-15(14)5-2-8-21-16/h1-2,4-6,8,17-18H,3,7,9-13H2/t17-,18+/m0/s1. The zero-order valence-electron chi connectivity index (χ0n) is 14.7. The van der Waals surface area contributed by atoms with Gasteiger partial charge in [0, 0.05) is 44.3 Å². The Labute approximate surface area is 152 Å². The molecule has 1 aromatic carbocycles. The molecule has 3 aliphatic heterocycles. The Kier molecular flexibility index (Phi) is 3.67. The minimum absolute atomic E-state index is 0.136. The fraction of sp³-hybridized carbons (Fsp3) is 0.450. The maximum absolute atomic E-state index is 12.9. The highest BCUT2D eigenvalue weighted by molar-refractivity contribution is 5.97. The molecule has 134 valence electrons. The molecule has 3 saturated heterocycles. The van der Waals surface area contributed by atoms with E-state index in [1.165, 1.54) is 5.56 Å². The van der Waals surface area contributed by atoms with Gasteiger partial charge in [-0.05, 0) is 30.5 Å². The summed E-state index contributed by atoms with van der Waals surface area (Å²) in [5.41, 5.74) is 2.21. The molecule has 4 heterocycles. The number of carbonyl (C=O) groups is 2. The molecule has 1 aromatic heterocycles. The summed E-state index contributed by atoms with van der Waals surface area (Å²) in [6, 6.07) is 9.71. The molecular weight excluding hydrogens is 328 g/mol. The maximum Gasteiger partial charge on any atom is 0.247 e. The van der Waals surface area contributed by atoms with Crippen molar-refractivity contribution in [3.63, 3.8) is 0 Å². The molecule has 2 aromatic rings. The molecule has 3 fully saturated rings. The van der Waals surface area contributed by atoms with E-state index in [9.17, 15) is 9.59 Å². The lowest BCUT2D eigenvalue weighted by Gasteiger charge is -2.47. The van der Waals surface area contributed by atoms with Crippen LogP contribution in [0.3, 0.4) is 0 Å². The molecule has 0 saturated carbocycles. The summed E-state index contributed by atoms with van der Waals surface area (Å²) in [5, 5.41) is 1.16. The summed E-state index contributed by atoms with van der Waals surface area (Å²) >= 11 is 0. The molecule has 0 aliphatic carbocycles. The van der Waals surface area contributed by atoms with Crippen LogP contribution in [-0.2, 0) is 16.1 Å². The first-order chi connectivity index (χ1) is 12.7. The Hall–Kier alpha value is -2.47. The molecule has 0 unspecified atom stereocenters. The number of pyridine rings is 1. The fourth-order valence-corrected chi connectivity index (χ4v) is 4.67. The van der Waals surface area contributed by atoms with Crippen molar-refractivity contribution in [3.8, 4) is 0 Å². The molecule has 6 nitrogen and oxygen atoms in total. The van der Waals surface area contributed by atoms with E-state index < -0.39 is 0 Å². The van der Waals surface area contributed by atoms with E-state index in [1.54, 1.807) is 0 Å². The average molecular weight is 350 g/mol. The first-order valence-electron chi connectivity index (χ1n) is 9.38. The number of nitrogens with zero attached hydrogens (tertiary/aromatic N) is 4. The highest BCUT2D eigenvalue weighted by atomic mass is 16.2. The number of hydrogen-bond donors (Lipinski definition) is 0. The Morgan fingerprint density at radius 2 is 1.81 bits per heavy atom. The molecule has 0 N–H and O–H groups in total. The van der Waals surface area contributed by atoms with E-state index in [-0.39, 0.29) is 23.9 Å². The normalized spacial score (nSPS) is 26.3. The van der Waals surface area contributed by atoms with Gasteiger partial charge >= 0.3 is 0 Å². The summed E-state index contributed by atoms with van der Waals surface area (Å²) in [5.74, 6) is 0.289. The Morgan fingerprint density at radius 3 is 2.73 bits per heavy atom. The Balaban J connectivity index is 1.38. The van der Waals surface area contributed by atoms with E-state index in [1.807, 2.05) is 34.2 Å². The molecule has 0 spiro atoms. The van der Waals surface area contributed by atoms with Crippen LogP contribution < -0.4 is 0 Å². The van der Waals surface area contributed by atoms with Gasteiger partial charge < -0.3 is 9.80 Å². The SMILES string of the molecule is O=C1[C@@H]2CCCN2C(=O)[C@H]2CN(Cc3cccc4ncccc34)CCN12. The predicted molar refractivity (Wildman–Crippen MR) is 97.3 cm³/mol. The molecular formula is C20H22N4O2. The summed E-state index contributed by atoms with van der Waals surface area (Å²) in [6.07, 6.45) is 3.57. The van der Waals surface area contributed by atoms with Gasteiger partial charge in [-0.2, -0.15) is 0 Å².